The molecule has 0 spiro atoms. The van der Waals surface area contributed by atoms with Gasteiger partial charge in [0, 0.05) is 11.6 Å². The Morgan fingerprint density at radius 1 is 1.25 bits per heavy atom. The first-order valence-corrected chi connectivity index (χ1v) is 5.34. The van der Waals surface area contributed by atoms with E-state index in [1.165, 1.54) is 5.56 Å². The van der Waals surface area contributed by atoms with Gasteiger partial charge in [0.05, 0.1) is 5.52 Å². The molecule has 0 atom stereocenters. The van der Waals surface area contributed by atoms with Crippen molar-refractivity contribution in [3.63, 3.8) is 0 Å². The number of hydrogen-bond donors (Lipinski definition) is 0. The normalized spacial score (nSPS) is 10.3. The third kappa shape index (κ3) is 2.19. The summed E-state index contributed by atoms with van der Waals surface area (Å²) >= 11 is 0. The molecular formula is C15H15N. The molecule has 1 aromatic heterocycles. The number of fused-ring (bicyclic) bond motifs is 1. The summed E-state index contributed by atoms with van der Waals surface area (Å²) in [6, 6.07) is 10.3. The van der Waals surface area contributed by atoms with Crippen molar-refractivity contribution in [3.8, 4) is 0 Å². The van der Waals surface area contributed by atoms with Crippen molar-refractivity contribution < 1.29 is 0 Å². The van der Waals surface area contributed by atoms with Gasteiger partial charge in [-0.2, -0.15) is 0 Å². The second-order valence-electron chi connectivity index (χ2n) is 4.15. The molecule has 2 aromatic rings. The quantitative estimate of drug-likeness (QED) is 0.690. The molecule has 0 bridgehead atoms. The standard InChI is InChI=1S/C15H15N/c1-11(2)9-12(3)13-6-7-15-14(10-13)5-4-8-16-15/h4-8,10H,1,3,9H2,2H3. The van der Waals surface area contributed by atoms with E-state index in [0.717, 1.165) is 28.5 Å². The van der Waals surface area contributed by atoms with E-state index in [1.54, 1.807) is 0 Å². The average Bonchev–Trinajstić information content (AvgIpc) is 2.27. The van der Waals surface area contributed by atoms with Gasteiger partial charge in [-0.3, -0.25) is 4.98 Å². The molecule has 0 unspecified atom stereocenters. The Morgan fingerprint density at radius 2 is 2.06 bits per heavy atom. The van der Waals surface area contributed by atoms with Gasteiger partial charge in [0.1, 0.15) is 0 Å². The largest absolute Gasteiger partial charge is 0.256 e. The Hall–Kier alpha value is -1.89. The first-order valence-electron chi connectivity index (χ1n) is 5.34. The smallest absolute Gasteiger partial charge is 0.0702 e. The van der Waals surface area contributed by atoms with Gasteiger partial charge >= 0.3 is 0 Å². The van der Waals surface area contributed by atoms with Crippen LogP contribution < -0.4 is 0 Å². The number of hydrogen-bond acceptors (Lipinski definition) is 1. The van der Waals surface area contributed by atoms with Crippen molar-refractivity contribution >= 4 is 16.5 Å². The van der Waals surface area contributed by atoms with Gasteiger partial charge in [0.15, 0.2) is 0 Å². The molecule has 0 saturated carbocycles. The van der Waals surface area contributed by atoms with Crippen LogP contribution in [0.3, 0.4) is 0 Å². The lowest BCUT2D eigenvalue weighted by molar-refractivity contribution is 1.24. The number of benzene rings is 1. The Kier molecular flexibility index (Phi) is 2.86. The third-order valence-electron chi connectivity index (χ3n) is 2.53. The van der Waals surface area contributed by atoms with Crippen LogP contribution in [-0.2, 0) is 0 Å². The number of allylic oxidation sites excluding steroid dienone is 2. The zero-order valence-corrected chi connectivity index (χ0v) is 9.53. The van der Waals surface area contributed by atoms with Crippen LogP contribution in [-0.4, -0.2) is 4.98 Å². The minimum atomic E-state index is 0.853. The fraction of sp³-hybridized carbons (Fsp3) is 0.133. The van der Waals surface area contributed by atoms with E-state index in [4.69, 9.17) is 0 Å². The van der Waals surface area contributed by atoms with Gasteiger partial charge in [-0.25, -0.2) is 0 Å². The van der Waals surface area contributed by atoms with Crippen molar-refractivity contribution in [1.82, 2.24) is 4.98 Å². The summed E-state index contributed by atoms with van der Waals surface area (Å²) in [6.45, 7) is 10.0. The first kappa shape index (κ1) is 10.6. The predicted octanol–water partition coefficient (Wildman–Crippen LogP) is 4.21. The van der Waals surface area contributed by atoms with Gasteiger partial charge in [0.25, 0.3) is 0 Å². The molecule has 1 heteroatoms. The fourth-order valence-corrected chi connectivity index (χ4v) is 1.76. The molecule has 80 valence electrons. The van der Waals surface area contributed by atoms with Crippen LogP contribution in [0.25, 0.3) is 16.5 Å². The number of rotatable bonds is 3. The van der Waals surface area contributed by atoms with E-state index in [9.17, 15) is 0 Å². The van der Waals surface area contributed by atoms with E-state index in [2.05, 4.69) is 36.3 Å². The van der Waals surface area contributed by atoms with Crippen LogP contribution in [0, 0.1) is 0 Å². The van der Waals surface area contributed by atoms with Crippen molar-refractivity contribution in [2.45, 2.75) is 13.3 Å². The SMILES string of the molecule is C=C(C)CC(=C)c1ccc2ncccc2c1. The van der Waals surface area contributed by atoms with Gasteiger partial charge in [-0.15, -0.1) is 0 Å². The lowest BCUT2D eigenvalue weighted by Gasteiger charge is -2.06. The lowest BCUT2D eigenvalue weighted by Crippen LogP contribution is -1.85. The van der Waals surface area contributed by atoms with Crippen LogP contribution in [0.5, 0.6) is 0 Å². The summed E-state index contributed by atoms with van der Waals surface area (Å²) in [5.74, 6) is 0. The zero-order valence-electron chi connectivity index (χ0n) is 9.53. The second-order valence-corrected chi connectivity index (χ2v) is 4.15. The highest BCUT2D eigenvalue weighted by molar-refractivity contribution is 5.83. The highest BCUT2D eigenvalue weighted by Crippen LogP contribution is 2.22. The van der Waals surface area contributed by atoms with E-state index in [1.807, 2.05) is 25.3 Å². The summed E-state index contributed by atoms with van der Waals surface area (Å²) < 4.78 is 0. The summed E-state index contributed by atoms with van der Waals surface area (Å²) in [6.07, 6.45) is 2.66. The van der Waals surface area contributed by atoms with Crippen molar-refractivity contribution in [3.05, 3.63) is 60.8 Å². The van der Waals surface area contributed by atoms with Crippen molar-refractivity contribution in [2.75, 3.05) is 0 Å². The maximum Gasteiger partial charge on any atom is 0.0702 e. The van der Waals surface area contributed by atoms with Crippen LogP contribution in [0.4, 0.5) is 0 Å². The van der Waals surface area contributed by atoms with Crippen molar-refractivity contribution in [2.24, 2.45) is 0 Å². The maximum atomic E-state index is 4.30. The highest BCUT2D eigenvalue weighted by atomic mass is 14.6. The molecule has 0 N–H and O–H groups in total. The minimum Gasteiger partial charge on any atom is -0.256 e. The number of nitrogens with zero attached hydrogens (tertiary/aromatic N) is 1. The molecule has 1 nitrogen and oxygen atoms in total. The average molecular weight is 209 g/mol. The molecule has 2 rings (SSSR count). The topological polar surface area (TPSA) is 12.9 Å². The summed E-state index contributed by atoms with van der Waals surface area (Å²) in [7, 11) is 0. The molecule has 0 aliphatic carbocycles. The van der Waals surface area contributed by atoms with Gasteiger partial charge in [0.2, 0.25) is 0 Å². The summed E-state index contributed by atoms with van der Waals surface area (Å²) in [4.78, 5) is 4.30. The van der Waals surface area contributed by atoms with Gasteiger partial charge in [-0.1, -0.05) is 30.9 Å². The summed E-state index contributed by atoms with van der Waals surface area (Å²) in [5.41, 5.74) is 4.44. The van der Waals surface area contributed by atoms with E-state index < -0.39 is 0 Å². The van der Waals surface area contributed by atoms with Crippen LogP contribution in [0.1, 0.15) is 18.9 Å². The first-order chi connectivity index (χ1) is 7.66. The maximum absolute atomic E-state index is 4.30. The molecule has 0 amide bonds. The minimum absolute atomic E-state index is 0.853. The number of pyridine rings is 1. The fourth-order valence-electron chi connectivity index (χ4n) is 1.76. The zero-order chi connectivity index (χ0) is 11.5. The Labute approximate surface area is 96.1 Å². The third-order valence-corrected chi connectivity index (χ3v) is 2.53. The second kappa shape index (κ2) is 4.31. The van der Waals surface area contributed by atoms with E-state index >= 15 is 0 Å². The summed E-state index contributed by atoms with van der Waals surface area (Å²) in [5, 5.41) is 1.16. The Bertz CT molecular complexity index is 552. The highest BCUT2D eigenvalue weighted by Gasteiger charge is 2.01. The molecule has 0 saturated heterocycles. The monoisotopic (exact) mass is 209 g/mol. The molecule has 1 aromatic carbocycles. The van der Waals surface area contributed by atoms with Crippen molar-refractivity contribution in [1.29, 1.82) is 0 Å². The van der Waals surface area contributed by atoms with Crippen LogP contribution >= 0.6 is 0 Å². The molecule has 0 aliphatic rings. The molecular weight excluding hydrogens is 194 g/mol. The molecule has 16 heavy (non-hydrogen) atoms. The Morgan fingerprint density at radius 3 is 2.81 bits per heavy atom. The predicted molar refractivity (Wildman–Crippen MR) is 70.2 cm³/mol. The lowest BCUT2D eigenvalue weighted by atomic mass is 10.00. The molecule has 0 aliphatic heterocycles. The Balaban J connectivity index is 2.39. The molecule has 0 radical (unpaired) electrons. The van der Waals surface area contributed by atoms with Crippen LogP contribution in [0.2, 0.25) is 0 Å². The molecule has 1 heterocycles. The molecule has 0 fully saturated rings. The van der Waals surface area contributed by atoms with E-state index in [-0.39, 0.29) is 0 Å². The van der Waals surface area contributed by atoms with Gasteiger partial charge < -0.3 is 0 Å². The number of aromatic nitrogens is 1. The van der Waals surface area contributed by atoms with E-state index in [0.29, 0.717) is 0 Å². The van der Waals surface area contributed by atoms with Crippen LogP contribution in [0.15, 0.2) is 55.3 Å². The van der Waals surface area contributed by atoms with Gasteiger partial charge in [-0.05, 0) is 42.7 Å².